The topological polar surface area (TPSA) is 58.2 Å². The molecule has 0 heterocycles. The Labute approximate surface area is 159 Å². The molecule has 0 aliphatic carbocycles. The van der Waals surface area contributed by atoms with Crippen LogP contribution in [0.25, 0.3) is 0 Å². The summed E-state index contributed by atoms with van der Waals surface area (Å²) < 4.78 is 0. The highest BCUT2D eigenvalue weighted by molar-refractivity contribution is 7.99. The fourth-order valence-corrected chi connectivity index (χ4v) is 3.39. The zero-order valence-electron chi connectivity index (χ0n) is 15.5. The van der Waals surface area contributed by atoms with Crippen LogP contribution >= 0.6 is 11.8 Å². The number of hydrogen-bond donors (Lipinski definition) is 2. The molecule has 0 spiro atoms. The fraction of sp³-hybridized carbons (Fsp3) is 0.333. The Morgan fingerprint density at radius 2 is 1.65 bits per heavy atom. The van der Waals surface area contributed by atoms with Crippen molar-refractivity contribution in [3.05, 3.63) is 65.7 Å². The highest BCUT2D eigenvalue weighted by Crippen LogP contribution is 2.22. The second-order valence-corrected chi connectivity index (χ2v) is 7.58. The quantitative estimate of drug-likeness (QED) is 0.696. The summed E-state index contributed by atoms with van der Waals surface area (Å²) in [7, 11) is 0. The van der Waals surface area contributed by atoms with Crippen LogP contribution in [0.2, 0.25) is 0 Å². The molecule has 5 heteroatoms. The number of carbonyl (C=O) groups is 2. The van der Waals surface area contributed by atoms with Crippen LogP contribution < -0.4 is 10.6 Å². The van der Waals surface area contributed by atoms with Crippen molar-refractivity contribution in [3.63, 3.8) is 0 Å². The number of thioether (sulfide) groups is 1. The summed E-state index contributed by atoms with van der Waals surface area (Å²) in [4.78, 5) is 25.0. The molecule has 0 aliphatic heterocycles. The molecular weight excluding hydrogens is 344 g/mol. The van der Waals surface area contributed by atoms with Crippen molar-refractivity contribution in [3.8, 4) is 0 Å². The van der Waals surface area contributed by atoms with Gasteiger partial charge in [-0.15, -0.1) is 11.8 Å². The lowest BCUT2D eigenvalue weighted by Gasteiger charge is -2.17. The molecule has 1 atom stereocenters. The van der Waals surface area contributed by atoms with Gasteiger partial charge in [0.25, 0.3) is 0 Å². The molecule has 0 fully saturated rings. The second-order valence-electron chi connectivity index (χ2n) is 6.49. The van der Waals surface area contributed by atoms with Gasteiger partial charge in [-0.2, -0.15) is 0 Å². The van der Waals surface area contributed by atoms with Gasteiger partial charge in [-0.1, -0.05) is 56.3 Å². The monoisotopic (exact) mass is 370 g/mol. The van der Waals surface area contributed by atoms with Crippen LogP contribution in [0.3, 0.4) is 0 Å². The van der Waals surface area contributed by atoms with E-state index in [2.05, 4.69) is 48.7 Å². The van der Waals surface area contributed by atoms with E-state index in [4.69, 9.17) is 0 Å². The Hall–Kier alpha value is -2.27. The van der Waals surface area contributed by atoms with E-state index in [1.807, 2.05) is 30.3 Å². The van der Waals surface area contributed by atoms with E-state index >= 15 is 0 Å². The number of nitrogens with one attached hydrogen (secondary N) is 2. The molecule has 0 saturated carbocycles. The van der Waals surface area contributed by atoms with Crippen LogP contribution in [0.5, 0.6) is 0 Å². The average Bonchev–Trinajstić information content (AvgIpc) is 2.64. The van der Waals surface area contributed by atoms with Gasteiger partial charge in [0.1, 0.15) is 6.04 Å². The first-order chi connectivity index (χ1) is 12.5. The van der Waals surface area contributed by atoms with Gasteiger partial charge in [0, 0.05) is 24.1 Å². The predicted molar refractivity (Wildman–Crippen MR) is 107 cm³/mol. The molecule has 0 saturated heterocycles. The molecule has 26 heavy (non-hydrogen) atoms. The van der Waals surface area contributed by atoms with Crippen molar-refractivity contribution in [2.45, 2.75) is 44.2 Å². The summed E-state index contributed by atoms with van der Waals surface area (Å²) in [6.45, 7) is 6.20. The van der Waals surface area contributed by atoms with E-state index in [1.54, 1.807) is 11.8 Å². The molecule has 138 valence electrons. The van der Waals surface area contributed by atoms with E-state index in [-0.39, 0.29) is 11.8 Å². The number of hydrogen-bond acceptors (Lipinski definition) is 3. The number of benzene rings is 2. The molecule has 2 amide bonds. The van der Waals surface area contributed by atoms with Crippen molar-refractivity contribution in [1.82, 2.24) is 10.6 Å². The average molecular weight is 371 g/mol. The molecule has 1 unspecified atom stereocenters. The van der Waals surface area contributed by atoms with Crippen LogP contribution in [0.4, 0.5) is 0 Å². The van der Waals surface area contributed by atoms with Gasteiger partial charge in [0.15, 0.2) is 0 Å². The van der Waals surface area contributed by atoms with Gasteiger partial charge in [0.2, 0.25) is 11.8 Å². The van der Waals surface area contributed by atoms with Crippen LogP contribution in [-0.2, 0) is 16.1 Å². The third-order valence-corrected chi connectivity index (χ3v) is 5.07. The molecule has 4 nitrogen and oxygen atoms in total. The summed E-state index contributed by atoms with van der Waals surface area (Å²) in [6, 6.07) is 17.5. The largest absolute Gasteiger partial charge is 0.350 e. The summed E-state index contributed by atoms with van der Waals surface area (Å²) in [6.07, 6.45) is 0. The maximum Gasteiger partial charge on any atom is 0.243 e. The van der Waals surface area contributed by atoms with Gasteiger partial charge < -0.3 is 10.6 Å². The molecule has 0 aliphatic rings. The fourth-order valence-electron chi connectivity index (χ4n) is 2.47. The van der Waals surface area contributed by atoms with E-state index in [0.717, 1.165) is 10.5 Å². The highest BCUT2D eigenvalue weighted by atomic mass is 32.2. The van der Waals surface area contributed by atoms with E-state index < -0.39 is 6.04 Å². The molecular formula is C21H26N2O2S. The summed E-state index contributed by atoms with van der Waals surface area (Å²) >= 11 is 1.57. The van der Waals surface area contributed by atoms with Gasteiger partial charge >= 0.3 is 0 Å². The number of amides is 2. The zero-order valence-corrected chi connectivity index (χ0v) is 16.3. The minimum Gasteiger partial charge on any atom is -0.350 e. The van der Waals surface area contributed by atoms with E-state index in [1.165, 1.54) is 12.5 Å². The maximum atomic E-state index is 12.5. The molecule has 0 aromatic heterocycles. The Kier molecular flexibility index (Phi) is 7.73. The molecule has 0 bridgehead atoms. The number of rotatable bonds is 8. The van der Waals surface area contributed by atoms with Crippen LogP contribution in [0.15, 0.2) is 59.5 Å². The van der Waals surface area contributed by atoms with Gasteiger partial charge in [0.05, 0.1) is 0 Å². The lowest BCUT2D eigenvalue weighted by molar-refractivity contribution is -0.127. The minimum atomic E-state index is -0.564. The second kappa shape index (κ2) is 10.0. The van der Waals surface area contributed by atoms with Gasteiger partial charge in [-0.05, 0) is 29.2 Å². The molecule has 2 rings (SSSR count). The van der Waals surface area contributed by atoms with Crippen molar-refractivity contribution >= 4 is 23.6 Å². The van der Waals surface area contributed by atoms with Crippen molar-refractivity contribution in [2.24, 2.45) is 0 Å². The smallest absolute Gasteiger partial charge is 0.243 e. The summed E-state index contributed by atoms with van der Waals surface area (Å²) in [5.41, 5.74) is 2.31. The molecule has 2 N–H and O–H groups in total. The maximum absolute atomic E-state index is 12.5. The molecule has 2 aromatic carbocycles. The lowest BCUT2D eigenvalue weighted by atomic mass is 10.0. The number of carbonyl (C=O) groups excluding carboxylic acids is 2. The third kappa shape index (κ3) is 6.56. The van der Waals surface area contributed by atoms with Crippen molar-refractivity contribution in [1.29, 1.82) is 0 Å². The Morgan fingerprint density at radius 1 is 1.00 bits per heavy atom. The first kappa shape index (κ1) is 20.0. The summed E-state index contributed by atoms with van der Waals surface area (Å²) in [5, 5.41) is 5.64. The van der Waals surface area contributed by atoms with Gasteiger partial charge in [-0.3, -0.25) is 9.59 Å². The van der Waals surface area contributed by atoms with E-state index in [9.17, 15) is 9.59 Å². The Bertz CT molecular complexity index is 715. The van der Waals surface area contributed by atoms with Crippen LogP contribution in [0.1, 0.15) is 37.8 Å². The van der Waals surface area contributed by atoms with E-state index in [0.29, 0.717) is 18.2 Å². The van der Waals surface area contributed by atoms with Crippen LogP contribution in [0, 0.1) is 0 Å². The molecule has 2 aromatic rings. The van der Waals surface area contributed by atoms with Gasteiger partial charge in [-0.25, -0.2) is 0 Å². The Morgan fingerprint density at radius 3 is 2.23 bits per heavy atom. The third-order valence-electron chi connectivity index (χ3n) is 3.97. The minimum absolute atomic E-state index is 0.171. The van der Waals surface area contributed by atoms with Crippen LogP contribution in [-0.4, -0.2) is 23.6 Å². The normalized spacial score (nSPS) is 11.8. The first-order valence-electron chi connectivity index (χ1n) is 8.77. The first-order valence-corrected chi connectivity index (χ1v) is 9.75. The highest BCUT2D eigenvalue weighted by Gasteiger charge is 2.19. The Balaban J connectivity index is 1.93. The van der Waals surface area contributed by atoms with Crippen molar-refractivity contribution in [2.75, 3.05) is 5.75 Å². The lowest BCUT2D eigenvalue weighted by Crippen LogP contribution is -2.47. The molecule has 0 radical (unpaired) electrons. The standard InChI is InChI=1S/C21H26N2O2S/c1-15(2)18-9-11-19(12-10-18)26-14-20(23-16(3)24)21(25)22-13-17-7-5-4-6-8-17/h4-12,15,20H,13-14H2,1-3H3,(H,22,25)(H,23,24). The van der Waals surface area contributed by atoms with Crippen molar-refractivity contribution < 1.29 is 9.59 Å². The predicted octanol–water partition coefficient (Wildman–Crippen LogP) is 3.72. The SMILES string of the molecule is CC(=O)NC(CSc1ccc(C(C)C)cc1)C(=O)NCc1ccccc1. The summed E-state index contributed by atoms with van der Waals surface area (Å²) in [5.74, 6) is 0.599. The zero-order chi connectivity index (χ0) is 18.9.